The molecule has 2 heterocycles. The van der Waals surface area contributed by atoms with Gasteiger partial charge in [-0.25, -0.2) is 8.42 Å². The molecule has 0 unspecified atom stereocenters. The van der Waals surface area contributed by atoms with E-state index in [9.17, 15) is 18.0 Å². The van der Waals surface area contributed by atoms with Crippen molar-refractivity contribution in [2.75, 3.05) is 29.1 Å². The molecule has 9 heteroatoms. The third-order valence-corrected chi connectivity index (χ3v) is 7.53. The molecule has 2 saturated heterocycles. The van der Waals surface area contributed by atoms with Crippen LogP contribution in [0.1, 0.15) is 45.4 Å². The summed E-state index contributed by atoms with van der Waals surface area (Å²) in [7, 11) is -3.45. The Morgan fingerprint density at radius 1 is 1.25 bits per heavy atom. The second-order valence-electron chi connectivity index (χ2n) is 7.24. The van der Waals surface area contributed by atoms with Gasteiger partial charge in [-0.3, -0.25) is 9.59 Å². The zero-order chi connectivity index (χ0) is 20.3. The van der Waals surface area contributed by atoms with E-state index in [1.54, 1.807) is 23.1 Å². The van der Waals surface area contributed by atoms with E-state index < -0.39 is 16.1 Å². The smallest absolute Gasteiger partial charge is 0.242 e. The third-order valence-electron chi connectivity index (χ3n) is 5.16. The standard InChI is InChI=1S/C19H26ClN3O4S/c1-2-12-28(26,27)23-11-4-3-6-17(23)19(25)21-14-8-9-16(15(20)13-14)22-10-5-7-18(22)24/h8-9,13,17H,2-7,10-12H2,1H3,(H,21,25)/t17-/m1/s1. The Morgan fingerprint density at radius 2 is 2.04 bits per heavy atom. The number of hydrogen-bond acceptors (Lipinski definition) is 4. The number of hydrogen-bond donors (Lipinski definition) is 1. The monoisotopic (exact) mass is 427 g/mol. The maximum atomic E-state index is 12.8. The Kier molecular flexibility index (Phi) is 6.62. The molecule has 2 amide bonds. The number of carbonyl (C=O) groups is 2. The van der Waals surface area contributed by atoms with Crippen molar-refractivity contribution in [1.29, 1.82) is 0 Å². The molecule has 0 saturated carbocycles. The maximum absolute atomic E-state index is 12.8. The van der Waals surface area contributed by atoms with Gasteiger partial charge in [0.05, 0.1) is 16.5 Å². The van der Waals surface area contributed by atoms with Gasteiger partial charge in [0.25, 0.3) is 0 Å². The molecule has 0 bridgehead atoms. The predicted octanol–water partition coefficient (Wildman–Crippen LogP) is 3.00. The van der Waals surface area contributed by atoms with Crippen molar-refractivity contribution in [2.24, 2.45) is 0 Å². The van der Waals surface area contributed by atoms with E-state index in [0.717, 1.165) is 19.3 Å². The van der Waals surface area contributed by atoms with Crippen LogP contribution in [0.2, 0.25) is 5.02 Å². The molecule has 2 aliphatic rings. The number of anilines is 2. The van der Waals surface area contributed by atoms with Gasteiger partial charge in [-0.1, -0.05) is 24.9 Å². The molecule has 0 aliphatic carbocycles. The van der Waals surface area contributed by atoms with E-state index in [4.69, 9.17) is 11.6 Å². The van der Waals surface area contributed by atoms with Gasteiger partial charge in [-0.2, -0.15) is 4.31 Å². The summed E-state index contributed by atoms with van der Waals surface area (Å²) >= 11 is 6.33. The molecule has 154 valence electrons. The average Bonchev–Trinajstić information content (AvgIpc) is 3.07. The normalized spacial score (nSPS) is 21.1. The van der Waals surface area contributed by atoms with Gasteiger partial charge < -0.3 is 10.2 Å². The fourth-order valence-corrected chi connectivity index (χ4v) is 5.84. The van der Waals surface area contributed by atoms with Crippen LogP contribution in [-0.4, -0.2) is 49.4 Å². The lowest BCUT2D eigenvalue weighted by Gasteiger charge is -2.33. The number of benzene rings is 1. The number of halogens is 1. The van der Waals surface area contributed by atoms with Gasteiger partial charge in [0, 0.05) is 25.2 Å². The van der Waals surface area contributed by atoms with Crippen LogP contribution in [0.4, 0.5) is 11.4 Å². The van der Waals surface area contributed by atoms with Crippen LogP contribution in [0.3, 0.4) is 0 Å². The molecule has 0 radical (unpaired) electrons. The van der Waals surface area contributed by atoms with Crippen LogP contribution < -0.4 is 10.2 Å². The molecule has 1 aromatic rings. The minimum Gasteiger partial charge on any atom is -0.325 e. The lowest BCUT2D eigenvalue weighted by molar-refractivity contribution is -0.120. The Balaban J connectivity index is 1.74. The SMILES string of the molecule is CCCS(=O)(=O)N1CCCC[C@@H]1C(=O)Nc1ccc(N2CCCC2=O)c(Cl)c1. The lowest BCUT2D eigenvalue weighted by Crippen LogP contribution is -2.50. The van der Waals surface area contributed by atoms with Crippen LogP contribution in [-0.2, 0) is 19.6 Å². The molecule has 2 fully saturated rings. The van der Waals surface area contributed by atoms with Crippen molar-refractivity contribution < 1.29 is 18.0 Å². The van der Waals surface area contributed by atoms with Gasteiger partial charge in [-0.05, 0) is 43.9 Å². The van der Waals surface area contributed by atoms with Gasteiger partial charge >= 0.3 is 0 Å². The second kappa shape index (κ2) is 8.80. The fraction of sp³-hybridized carbons (Fsp3) is 0.579. The first kappa shape index (κ1) is 21.1. The molecule has 0 spiro atoms. The highest BCUT2D eigenvalue weighted by atomic mass is 35.5. The quantitative estimate of drug-likeness (QED) is 0.756. The van der Waals surface area contributed by atoms with Crippen molar-refractivity contribution in [3.63, 3.8) is 0 Å². The van der Waals surface area contributed by atoms with Crippen LogP contribution in [0.5, 0.6) is 0 Å². The zero-order valence-corrected chi connectivity index (χ0v) is 17.6. The molecule has 2 aliphatic heterocycles. The fourth-order valence-electron chi connectivity index (χ4n) is 3.81. The minimum atomic E-state index is -3.45. The van der Waals surface area contributed by atoms with Crippen LogP contribution >= 0.6 is 11.6 Å². The van der Waals surface area contributed by atoms with E-state index in [1.807, 2.05) is 6.92 Å². The largest absolute Gasteiger partial charge is 0.325 e. The number of rotatable bonds is 6. The van der Waals surface area contributed by atoms with Crippen molar-refractivity contribution >= 4 is 44.8 Å². The van der Waals surface area contributed by atoms with Crippen molar-refractivity contribution in [1.82, 2.24) is 4.31 Å². The van der Waals surface area contributed by atoms with Crippen LogP contribution in [0, 0.1) is 0 Å². The van der Waals surface area contributed by atoms with Gasteiger partial charge in [0.2, 0.25) is 21.8 Å². The molecule has 7 nitrogen and oxygen atoms in total. The summed E-state index contributed by atoms with van der Waals surface area (Å²) in [5.74, 6) is -0.264. The number of amides is 2. The van der Waals surface area contributed by atoms with E-state index in [-0.39, 0.29) is 17.6 Å². The number of sulfonamides is 1. The predicted molar refractivity (Wildman–Crippen MR) is 110 cm³/mol. The highest BCUT2D eigenvalue weighted by Crippen LogP contribution is 2.32. The first-order chi connectivity index (χ1) is 13.3. The number of piperidine rings is 1. The minimum absolute atomic E-state index is 0.0395. The average molecular weight is 428 g/mol. The van der Waals surface area contributed by atoms with E-state index in [1.165, 1.54) is 4.31 Å². The van der Waals surface area contributed by atoms with Gasteiger partial charge in [0.1, 0.15) is 6.04 Å². The Bertz CT molecular complexity index is 859. The number of nitrogens with zero attached hydrogens (tertiary/aromatic N) is 2. The van der Waals surface area contributed by atoms with Crippen LogP contribution in [0.15, 0.2) is 18.2 Å². The van der Waals surface area contributed by atoms with E-state index >= 15 is 0 Å². The summed E-state index contributed by atoms with van der Waals surface area (Å²) < 4.78 is 26.4. The topological polar surface area (TPSA) is 86.8 Å². The molecule has 1 aromatic carbocycles. The summed E-state index contributed by atoms with van der Waals surface area (Å²) in [5.41, 5.74) is 1.12. The summed E-state index contributed by atoms with van der Waals surface area (Å²) in [4.78, 5) is 26.4. The number of carbonyl (C=O) groups excluding carboxylic acids is 2. The Hall–Kier alpha value is -1.64. The third kappa shape index (κ3) is 4.50. The molecular formula is C19H26ClN3O4S. The first-order valence-electron chi connectivity index (χ1n) is 9.74. The first-order valence-corrected chi connectivity index (χ1v) is 11.7. The molecule has 0 aromatic heterocycles. The van der Waals surface area contributed by atoms with Gasteiger partial charge in [-0.15, -0.1) is 0 Å². The molecule has 1 N–H and O–H groups in total. The van der Waals surface area contributed by atoms with Crippen molar-refractivity contribution in [3.05, 3.63) is 23.2 Å². The molecule has 3 rings (SSSR count). The Labute approximate surface area is 171 Å². The van der Waals surface area contributed by atoms with E-state index in [0.29, 0.717) is 48.7 Å². The zero-order valence-electron chi connectivity index (χ0n) is 16.0. The highest BCUT2D eigenvalue weighted by molar-refractivity contribution is 7.89. The molecule has 28 heavy (non-hydrogen) atoms. The van der Waals surface area contributed by atoms with Gasteiger partial charge in [0.15, 0.2) is 0 Å². The lowest BCUT2D eigenvalue weighted by atomic mass is 10.0. The summed E-state index contributed by atoms with van der Waals surface area (Å²) in [6, 6.07) is 4.31. The van der Waals surface area contributed by atoms with Crippen molar-refractivity contribution in [2.45, 2.75) is 51.5 Å². The summed E-state index contributed by atoms with van der Waals surface area (Å²) in [6.45, 7) is 2.82. The second-order valence-corrected chi connectivity index (χ2v) is 9.69. The highest BCUT2D eigenvalue weighted by Gasteiger charge is 2.36. The summed E-state index contributed by atoms with van der Waals surface area (Å²) in [5, 5.41) is 3.17. The Morgan fingerprint density at radius 3 is 2.68 bits per heavy atom. The van der Waals surface area contributed by atoms with Crippen LogP contribution in [0.25, 0.3) is 0 Å². The molecule has 1 atom stereocenters. The summed E-state index contributed by atoms with van der Waals surface area (Å²) in [6.07, 6.45) is 3.91. The number of nitrogens with one attached hydrogen (secondary N) is 1. The maximum Gasteiger partial charge on any atom is 0.242 e. The molecular weight excluding hydrogens is 402 g/mol. The van der Waals surface area contributed by atoms with Crippen molar-refractivity contribution in [3.8, 4) is 0 Å². The van der Waals surface area contributed by atoms with E-state index in [2.05, 4.69) is 5.32 Å².